The average Bonchev–Trinajstić information content (AvgIpc) is 2.43. The van der Waals surface area contributed by atoms with Crippen LogP contribution in [0.5, 0.6) is 0 Å². The molecule has 0 amide bonds. The molecule has 0 saturated carbocycles. The van der Waals surface area contributed by atoms with Gasteiger partial charge in [-0.25, -0.2) is 0 Å². The van der Waals surface area contributed by atoms with Crippen LogP contribution in [0.2, 0.25) is 0 Å². The molecule has 116 valence electrons. The molecule has 2 heteroatoms. The largest absolute Gasteiger partial charge is 1.00 e. The first-order valence-electron chi connectivity index (χ1n) is 7.89. The maximum atomic E-state index is 2.39. The van der Waals surface area contributed by atoms with Gasteiger partial charge >= 0.3 is 0 Å². The zero-order valence-corrected chi connectivity index (χ0v) is 16.1. The number of halogens is 1. The third kappa shape index (κ3) is 6.57. The Kier molecular flexibility index (Phi) is 9.73. The van der Waals surface area contributed by atoms with Crippen molar-refractivity contribution in [1.82, 2.24) is 0 Å². The van der Waals surface area contributed by atoms with E-state index >= 15 is 0 Å². The minimum absolute atomic E-state index is 0. The Labute approximate surface area is 143 Å². The van der Waals surface area contributed by atoms with Gasteiger partial charge in [0.2, 0.25) is 0 Å². The van der Waals surface area contributed by atoms with E-state index in [1.165, 1.54) is 42.5 Å². The number of hydrogen-bond donors (Lipinski definition) is 0. The first-order chi connectivity index (χ1) is 9.00. The number of rotatable bonds is 8. The van der Waals surface area contributed by atoms with E-state index in [-0.39, 0.29) is 24.0 Å². The van der Waals surface area contributed by atoms with Crippen molar-refractivity contribution >= 4 is 0 Å². The fourth-order valence-electron chi connectivity index (χ4n) is 2.72. The lowest BCUT2D eigenvalue weighted by Gasteiger charge is -2.34. The average molecular weight is 389 g/mol. The monoisotopic (exact) mass is 389 g/mol. The first-order valence-corrected chi connectivity index (χ1v) is 7.89. The summed E-state index contributed by atoms with van der Waals surface area (Å²) in [6, 6.07) is 11.1. The fourth-order valence-corrected chi connectivity index (χ4v) is 2.72. The van der Waals surface area contributed by atoms with Gasteiger partial charge < -0.3 is 28.5 Å². The summed E-state index contributed by atoms with van der Waals surface area (Å²) in [5, 5.41) is 0. The van der Waals surface area contributed by atoms with Gasteiger partial charge in [0.15, 0.2) is 0 Å². The highest BCUT2D eigenvalue weighted by atomic mass is 127. The lowest BCUT2D eigenvalue weighted by Crippen LogP contribution is -3.00. The van der Waals surface area contributed by atoms with E-state index in [0.717, 1.165) is 11.8 Å². The lowest BCUT2D eigenvalue weighted by molar-refractivity contribution is -0.906. The van der Waals surface area contributed by atoms with Crippen molar-refractivity contribution in [2.24, 2.45) is 5.92 Å². The number of benzene rings is 1. The Bertz CT molecular complexity index is 344. The van der Waals surface area contributed by atoms with Crippen molar-refractivity contribution in [2.75, 3.05) is 26.7 Å². The van der Waals surface area contributed by atoms with E-state index in [9.17, 15) is 0 Å². The highest BCUT2D eigenvalue weighted by Crippen LogP contribution is 2.28. The van der Waals surface area contributed by atoms with E-state index in [1.54, 1.807) is 0 Å². The molecule has 1 aromatic rings. The standard InChI is InChI=1S/C18H32N.HI/c1-6-19(5,7-2)14-13-18(15-16(3)4)17-11-9-8-10-12-17;/h8-12,16,18H,6-7,13-15H2,1-5H3;1H/q+1;/p-1. The third-order valence-corrected chi connectivity index (χ3v) is 4.57. The lowest BCUT2D eigenvalue weighted by atomic mass is 9.87. The molecule has 1 atom stereocenters. The summed E-state index contributed by atoms with van der Waals surface area (Å²) in [5.74, 6) is 1.49. The number of nitrogens with zero attached hydrogens (tertiary/aromatic N) is 1. The van der Waals surface area contributed by atoms with Crippen LogP contribution in [0.25, 0.3) is 0 Å². The zero-order valence-electron chi connectivity index (χ0n) is 13.9. The van der Waals surface area contributed by atoms with Gasteiger partial charge in [-0.3, -0.25) is 0 Å². The van der Waals surface area contributed by atoms with E-state index in [1.807, 2.05) is 0 Å². The van der Waals surface area contributed by atoms with Gasteiger partial charge in [-0.2, -0.15) is 0 Å². The van der Waals surface area contributed by atoms with Crippen LogP contribution < -0.4 is 24.0 Å². The van der Waals surface area contributed by atoms with Crippen LogP contribution in [0, 0.1) is 5.92 Å². The Morgan fingerprint density at radius 3 is 2.00 bits per heavy atom. The predicted octanol–water partition coefficient (Wildman–Crippen LogP) is 1.70. The summed E-state index contributed by atoms with van der Waals surface area (Å²) in [6.45, 7) is 13.1. The van der Waals surface area contributed by atoms with Crippen LogP contribution >= 0.6 is 0 Å². The van der Waals surface area contributed by atoms with Crippen molar-refractivity contribution in [2.45, 2.75) is 46.5 Å². The summed E-state index contributed by atoms with van der Waals surface area (Å²) in [6.07, 6.45) is 2.61. The molecule has 20 heavy (non-hydrogen) atoms. The molecule has 1 aromatic carbocycles. The van der Waals surface area contributed by atoms with E-state index in [2.05, 4.69) is 65.1 Å². The van der Waals surface area contributed by atoms with Crippen LogP contribution in [-0.4, -0.2) is 31.2 Å². The van der Waals surface area contributed by atoms with Gasteiger partial charge in [0.1, 0.15) is 0 Å². The molecule has 0 aliphatic heterocycles. The van der Waals surface area contributed by atoms with Gasteiger partial charge in [0.05, 0.1) is 26.7 Å². The molecule has 0 saturated heterocycles. The molecule has 1 unspecified atom stereocenters. The van der Waals surface area contributed by atoms with Crippen LogP contribution in [-0.2, 0) is 0 Å². The van der Waals surface area contributed by atoms with Crippen molar-refractivity contribution in [3.63, 3.8) is 0 Å². The molecule has 0 N–H and O–H groups in total. The summed E-state index contributed by atoms with van der Waals surface area (Å²) < 4.78 is 1.20. The quantitative estimate of drug-likeness (QED) is 0.469. The summed E-state index contributed by atoms with van der Waals surface area (Å²) in [4.78, 5) is 0. The summed E-state index contributed by atoms with van der Waals surface area (Å²) in [7, 11) is 2.39. The maximum absolute atomic E-state index is 2.39. The minimum atomic E-state index is 0. The highest BCUT2D eigenvalue weighted by molar-refractivity contribution is 5.19. The molecule has 0 aromatic heterocycles. The zero-order chi connectivity index (χ0) is 14.3. The maximum Gasteiger partial charge on any atom is 0.0790 e. The Morgan fingerprint density at radius 1 is 1.00 bits per heavy atom. The molecular weight excluding hydrogens is 357 g/mol. The molecule has 0 spiro atoms. The third-order valence-electron chi connectivity index (χ3n) is 4.57. The molecule has 0 fully saturated rings. The van der Waals surface area contributed by atoms with Crippen LogP contribution in [0.3, 0.4) is 0 Å². The van der Waals surface area contributed by atoms with Crippen molar-refractivity contribution in [1.29, 1.82) is 0 Å². The Morgan fingerprint density at radius 2 is 1.55 bits per heavy atom. The topological polar surface area (TPSA) is 0 Å². The smallest absolute Gasteiger partial charge is 0.0790 e. The van der Waals surface area contributed by atoms with E-state index in [0.29, 0.717) is 0 Å². The van der Waals surface area contributed by atoms with Gasteiger partial charge in [0, 0.05) is 6.42 Å². The molecular formula is C18H32IN. The molecule has 1 nitrogen and oxygen atoms in total. The molecule has 0 radical (unpaired) electrons. The van der Waals surface area contributed by atoms with Gasteiger partial charge in [-0.05, 0) is 37.7 Å². The van der Waals surface area contributed by atoms with Gasteiger partial charge in [-0.15, -0.1) is 0 Å². The predicted molar refractivity (Wildman–Crippen MR) is 85.4 cm³/mol. The van der Waals surface area contributed by atoms with E-state index < -0.39 is 0 Å². The van der Waals surface area contributed by atoms with Crippen LogP contribution in [0.4, 0.5) is 0 Å². The molecule has 0 aliphatic rings. The summed E-state index contributed by atoms with van der Waals surface area (Å²) in [5.41, 5.74) is 1.52. The molecule has 0 heterocycles. The number of quaternary nitrogens is 1. The van der Waals surface area contributed by atoms with Gasteiger partial charge in [-0.1, -0.05) is 44.2 Å². The van der Waals surface area contributed by atoms with Crippen molar-refractivity contribution in [3.8, 4) is 0 Å². The highest BCUT2D eigenvalue weighted by Gasteiger charge is 2.21. The Balaban J connectivity index is 0.00000361. The van der Waals surface area contributed by atoms with Crippen LogP contribution in [0.1, 0.15) is 52.0 Å². The molecule has 0 aliphatic carbocycles. The summed E-state index contributed by atoms with van der Waals surface area (Å²) >= 11 is 0. The van der Waals surface area contributed by atoms with Crippen molar-refractivity contribution in [3.05, 3.63) is 35.9 Å². The first kappa shape index (κ1) is 19.9. The Hall–Kier alpha value is -0.0900. The minimum Gasteiger partial charge on any atom is -1.00 e. The molecule has 1 rings (SSSR count). The number of hydrogen-bond acceptors (Lipinski definition) is 0. The van der Waals surface area contributed by atoms with Crippen molar-refractivity contribution < 1.29 is 28.5 Å². The molecule has 0 bridgehead atoms. The SMILES string of the molecule is CC[N+](C)(CC)CCC(CC(C)C)c1ccccc1.[I-]. The normalized spacial score (nSPS) is 13.1. The fraction of sp³-hybridized carbons (Fsp3) is 0.667. The second kappa shape index (κ2) is 9.78. The van der Waals surface area contributed by atoms with Crippen LogP contribution in [0.15, 0.2) is 30.3 Å². The van der Waals surface area contributed by atoms with Gasteiger partial charge in [0.25, 0.3) is 0 Å². The second-order valence-corrected chi connectivity index (χ2v) is 6.50. The second-order valence-electron chi connectivity index (χ2n) is 6.50. The van der Waals surface area contributed by atoms with E-state index in [4.69, 9.17) is 0 Å².